The van der Waals surface area contributed by atoms with Gasteiger partial charge in [0.15, 0.2) is 0 Å². The number of rotatable bonds is 6. The first-order chi connectivity index (χ1) is 14.5. The van der Waals surface area contributed by atoms with Crippen molar-refractivity contribution >= 4 is 57.5 Å². The smallest absolute Gasteiger partial charge is 0.275 e. The van der Waals surface area contributed by atoms with E-state index in [2.05, 4.69) is 20.7 Å². The van der Waals surface area contributed by atoms with Gasteiger partial charge in [0.2, 0.25) is 5.91 Å². The molecule has 0 aliphatic heterocycles. The Labute approximate surface area is 185 Å². The van der Waals surface area contributed by atoms with Gasteiger partial charge in [0.05, 0.1) is 9.21 Å². The van der Waals surface area contributed by atoms with Crippen LogP contribution in [0.1, 0.15) is 23.5 Å². The molecule has 4 rings (SSSR count). The molecule has 4 aromatic rings. The molecular weight excluding hydrogens is 442 g/mol. The monoisotopic (exact) mass is 457 g/mol. The zero-order valence-corrected chi connectivity index (χ0v) is 18.1. The first kappa shape index (κ1) is 20.3. The molecule has 1 unspecified atom stereocenters. The molecule has 0 radical (unpaired) electrons. The van der Waals surface area contributed by atoms with Gasteiger partial charge in [0, 0.05) is 29.1 Å². The molecule has 10 heteroatoms. The highest BCUT2D eigenvalue weighted by Gasteiger charge is 2.16. The van der Waals surface area contributed by atoms with Gasteiger partial charge in [-0.05, 0) is 43.3 Å². The SMILES string of the molecule is CC(C(=O)Nc1cccc(NC(=O)c2csc(-c3ccc(Cl)s3)n2)c1)n1cccn1. The zero-order valence-electron chi connectivity index (χ0n) is 15.7. The van der Waals surface area contributed by atoms with E-state index >= 15 is 0 Å². The third-order valence-corrected chi connectivity index (χ3v) is 6.45. The zero-order chi connectivity index (χ0) is 21.1. The fourth-order valence-corrected chi connectivity index (χ4v) is 4.58. The highest BCUT2D eigenvalue weighted by atomic mass is 35.5. The molecule has 3 aromatic heterocycles. The quantitative estimate of drug-likeness (QED) is 0.417. The fourth-order valence-electron chi connectivity index (χ4n) is 2.67. The lowest BCUT2D eigenvalue weighted by Gasteiger charge is -2.13. The van der Waals surface area contributed by atoms with E-state index in [0.717, 1.165) is 9.88 Å². The summed E-state index contributed by atoms with van der Waals surface area (Å²) in [5.41, 5.74) is 1.45. The molecule has 152 valence electrons. The number of amides is 2. The second-order valence-electron chi connectivity index (χ2n) is 6.33. The van der Waals surface area contributed by atoms with E-state index in [9.17, 15) is 9.59 Å². The van der Waals surface area contributed by atoms with E-state index in [0.29, 0.717) is 21.4 Å². The van der Waals surface area contributed by atoms with Gasteiger partial charge in [-0.1, -0.05) is 17.7 Å². The van der Waals surface area contributed by atoms with Gasteiger partial charge in [-0.15, -0.1) is 22.7 Å². The molecule has 2 amide bonds. The van der Waals surface area contributed by atoms with Gasteiger partial charge in [-0.25, -0.2) is 4.98 Å². The number of thiophene rings is 1. The van der Waals surface area contributed by atoms with E-state index in [1.807, 2.05) is 6.07 Å². The number of hydrogen-bond acceptors (Lipinski definition) is 6. The summed E-state index contributed by atoms with van der Waals surface area (Å²) in [6.45, 7) is 1.76. The van der Waals surface area contributed by atoms with Crippen LogP contribution in [0.25, 0.3) is 9.88 Å². The molecule has 7 nitrogen and oxygen atoms in total. The van der Waals surface area contributed by atoms with Gasteiger partial charge in [-0.3, -0.25) is 14.3 Å². The van der Waals surface area contributed by atoms with Crippen molar-refractivity contribution in [3.05, 3.63) is 70.3 Å². The lowest BCUT2D eigenvalue weighted by Crippen LogP contribution is -2.24. The Morgan fingerprint density at radius 2 is 1.93 bits per heavy atom. The van der Waals surface area contributed by atoms with E-state index < -0.39 is 6.04 Å². The minimum atomic E-state index is -0.461. The summed E-state index contributed by atoms with van der Waals surface area (Å²) >= 11 is 8.76. The summed E-state index contributed by atoms with van der Waals surface area (Å²) in [4.78, 5) is 30.3. The van der Waals surface area contributed by atoms with Crippen molar-refractivity contribution in [2.24, 2.45) is 0 Å². The Hall–Kier alpha value is -3.01. The summed E-state index contributed by atoms with van der Waals surface area (Å²) in [7, 11) is 0. The van der Waals surface area contributed by atoms with Crippen molar-refractivity contribution in [3.8, 4) is 9.88 Å². The number of carbonyl (C=O) groups excluding carboxylic acids is 2. The molecule has 0 aliphatic carbocycles. The van der Waals surface area contributed by atoms with Crippen LogP contribution in [0, 0.1) is 0 Å². The van der Waals surface area contributed by atoms with Crippen molar-refractivity contribution in [3.63, 3.8) is 0 Å². The number of hydrogen-bond donors (Lipinski definition) is 2. The standard InChI is InChI=1S/C20H16ClN5O2S2/c1-12(26-9-3-8-22-26)18(27)23-13-4-2-5-14(10-13)24-19(28)15-11-29-20(25-15)16-6-7-17(21)30-16/h2-12H,1H3,(H,23,27)(H,24,28). The Bertz CT molecular complexity index is 1190. The molecular formula is C20H16ClN5O2S2. The molecule has 30 heavy (non-hydrogen) atoms. The second kappa shape index (κ2) is 8.78. The highest BCUT2D eigenvalue weighted by molar-refractivity contribution is 7.23. The van der Waals surface area contributed by atoms with E-state index in [4.69, 9.17) is 11.6 Å². The molecule has 0 aliphatic rings. The summed E-state index contributed by atoms with van der Waals surface area (Å²) < 4.78 is 2.24. The van der Waals surface area contributed by atoms with E-state index in [-0.39, 0.29) is 11.8 Å². The number of carbonyl (C=O) groups is 2. The normalized spacial score (nSPS) is 11.8. The van der Waals surface area contributed by atoms with Crippen LogP contribution in [-0.4, -0.2) is 26.6 Å². The molecule has 0 bridgehead atoms. The van der Waals surface area contributed by atoms with Crippen LogP contribution in [0.4, 0.5) is 11.4 Å². The van der Waals surface area contributed by atoms with Crippen molar-refractivity contribution < 1.29 is 9.59 Å². The minimum absolute atomic E-state index is 0.207. The predicted octanol–water partition coefficient (Wildman–Crippen LogP) is 5.17. The van der Waals surface area contributed by atoms with Crippen LogP contribution in [0.15, 0.2) is 60.2 Å². The summed E-state index contributed by atoms with van der Waals surface area (Å²) in [6, 6.07) is 11.9. The van der Waals surface area contributed by atoms with Crippen molar-refractivity contribution in [1.82, 2.24) is 14.8 Å². The molecule has 0 fully saturated rings. The second-order valence-corrected chi connectivity index (χ2v) is 8.90. The Balaban J connectivity index is 1.42. The topological polar surface area (TPSA) is 88.9 Å². The average Bonchev–Trinajstić information content (AvgIpc) is 3.49. The number of nitrogens with one attached hydrogen (secondary N) is 2. The van der Waals surface area contributed by atoms with Gasteiger partial charge in [0.1, 0.15) is 16.7 Å². The number of anilines is 2. The van der Waals surface area contributed by atoms with Gasteiger partial charge in [0.25, 0.3) is 5.91 Å². The minimum Gasteiger partial charge on any atom is -0.324 e. The van der Waals surface area contributed by atoms with Gasteiger partial charge in [-0.2, -0.15) is 5.10 Å². The Morgan fingerprint density at radius 1 is 1.13 bits per heavy atom. The maximum absolute atomic E-state index is 12.6. The number of halogens is 1. The van der Waals surface area contributed by atoms with Crippen LogP contribution in [-0.2, 0) is 4.79 Å². The molecule has 2 N–H and O–H groups in total. The lowest BCUT2D eigenvalue weighted by molar-refractivity contribution is -0.119. The van der Waals surface area contributed by atoms with Crippen LogP contribution in [0.5, 0.6) is 0 Å². The largest absolute Gasteiger partial charge is 0.324 e. The maximum atomic E-state index is 12.6. The molecule has 0 spiro atoms. The average molecular weight is 458 g/mol. The third-order valence-electron chi connectivity index (χ3n) is 4.21. The summed E-state index contributed by atoms with van der Waals surface area (Å²) in [6.07, 6.45) is 3.35. The number of aromatic nitrogens is 3. The Kier molecular flexibility index (Phi) is 5.93. The van der Waals surface area contributed by atoms with Crippen LogP contribution in [0.2, 0.25) is 4.34 Å². The summed E-state index contributed by atoms with van der Waals surface area (Å²) in [5, 5.41) is 12.2. The molecule has 0 saturated heterocycles. The van der Waals surface area contributed by atoms with E-state index in [1.54, 1.807) is 65.8 Å². The van der Waals surface area contributed by atoms with Crippen LogP contribution >= 0.6 is 34.3 Å². The van der Waals surface area contributed by atoms with Gasteiger partial charge < -0.3 is 10.6 Å². The first-order valence-electron chi connectivity index (χ1n) is 8.92. The maximum Gasteiger partial charge on any atom is 0.275 e. The lowest BCUT2D eigenvalue weighted by atomic mass is 10.2. The number of thiazole rings is 1. The molecule has 3 heterocycles. The highest BCUT2D eigenvalue weighted by Crippen LogP contribution is 2.33. The van der Waals surface area contributed by atoms with Crippen molar-refractivity contribution in [1.29, 1.82) is 0 Å². The van der Waals surface area contributed by atoms with Crippen LogP contribution in [0.3, 0.4) is 0 Å². The van der Waals surface area contributed by atoms with Crippen LogP contribution < -0.4 is 10.6 Å². The third kappa shape index (κ3) is 4.59. The Morgan fingerprint density at radius 3 is 2.63 bits per heavy atom. The molecule has 1 aromatic carbocycles. The molecule has 0 saturated carbocycles. The van der Waals surface area contributed by atoms with Gasteiger partial charge >= 0.3 is 0 Å². The molecule has 1 atom stereocenters. The van der Waals surface area contributed by atoms with E-state index in [1.165, 1.54) is 22.7 Å². The summed E-state index contributed by atoms with van der Waals surface area (Å²) in [5.74, 6) is -0.533. The first-order valence-corrected chi connectivity index (χ1v) is 11.0. The number of nitrogens with zero attached hydrogens (tertiary/aromatic N) is 3. The van der Waals surface area contributed by atoms with Crippen molar-refractivity contribution in [2.75, 3.05) is 10.6 Å². The number of benzene rings is 1. The fraction of sp³-hybridized carbons (Fsp3) is 0.100. The van der Waals surface area contributed by atoms with Crippen molar-refractivity contribution in [2.45, 2.75) is 13.0 Å². The predicted molar refractivity (Wildman–Crippen MR) is 120 cm³/mol.